The highest BCUT2D eigenvalue weighted by molar-refractivity contribution is 7.89. The second-order valence-corrected chi connectivity index (χ2v) is 6.53. The van der Waals surface area contributed by atoms with Crippen molar-refractivity contribution in [2.75, 3.05) is 39.6 Å². The molecule has 0 radical (unpaired) electrons. The van der Waals surface area contributed by atoms with E-state index < -0.39 is 10.0 Å². The second-order valence-electron chi connectivity index (χ2n) is 4.49. The summed E-state index contributed by atoms with van der Waals surface area (Å²) in [5.74, 6) is 0.225. The zero-order valence-electron chi connectivity index (χ0n) is 12.1. The van der Waals surface area contributed by atoms with Crippen LogP contribution in [0.4, 0.5) is 0 Å². The van der Waals surface area contributed by atoms with Gasteiger partial charge in [0.05, 0.1) is 12.4 Å². The van der Waals surface area contributed by atoms with Gasteiger partial charge in [-0.3, -0.25) is 0 Å². The highest BCUT2D eigenvalue weighted by Crippen LogP contribution is 2.12. The lowest BCUT2D eigenvalue weighted by Gasteiger charge is -2.27. The van der Waals surface area contributed by atoms with Gasteiger partial charge in [0.25, 0.3) is 0 Å². The Hall–Kier alpha value is -0.170. The largest absolute Gasteiger partial charge is 0.383 e. The van der Waals surface area contributed by atoms with Gasteiger partial charge in [0.1, 0.15) is 0 Å². The smallest absolute Gasteiger partial charge is 0.214 e. The molecule has 0 amide bonds. The molecule has 0 aliphatic heterocycles. The van der Waals surface area contributed by atoms with E-state index in [0.29, 0.717) is 19.6 Å². The van der Waals surface area contributed by atoms with Crippen molar-refractivity contribution in [2.24, 2.45) is 0 Å². The van der Waals surface area contributed by atoms with Crippen molar-refractivity contribution < 1.29 is 13.2 Å². The molecule has 0 aliphatic rings. The van der Waals surface area contributed by atoms with E-state index in [9.17, 15) is 8.42 Å². The maximum Gasteiger partial charge on any atom is 0.214 e. The number of sulfonamides is 1. The maximum atomic E-state index is 12.3. The SMILES string of the molecule is CCC(C)N(CCOC)S(=O)(=O)CCCCNC. The average Bonchev–Trinajstić information content (AvgIpc) is 2.34. The van der Waals surface area contributed by atoms with Gasteiger partial charge in [-0.15, -0.1) is 0 Å². The number of methoxy groups -OCH3 is 1. The van der Waals surface area contributed by atoms with Crippen molar-refractivity contribution in [1.29, 1.82) is 0 Å². The molecule has 0 fully saturated rings. The Kier molecular flexibility index (Phi) is 9.63. The minimum Gasteiger partial charge on any atom is -0.383 e. The molecule has 0 aromatic carbocycles. The Balaban J connectivity index is 4.44. The van der Waals surface area contributed by atoms with Gasteiger partial charge in [-0.2, -0.15) is 4.31 Å². The molecule has 5 nitrogen and oxygen atoms in total. The average molecular weight is 280 g/mol. The fourth-order valence-electron chi connectivity index (χ4n) is 1.72. The van der Waals surface area contributed by atoms with Crippen LogP contribution in [-0.4, -0.2) is 58.4 Å². The van der Waals surface area contributed by atoms with Crippen molar-refractivity contribution in [3.8, 4) is 0 Å². The Labute approximate surface area is 112 Å². The molecule has 0 rings (SSSR count). The highest BCUT2D eigenvalue weighted by Gasteiger charge is 2.25. The summed E-state index contributed by atoms with van der Waals surface area (Å²) < 4.78 is 31.1. The van der Waals surface area contributed by atoms with Crippen molar-refractivity contribution in [3.63, 3.8) is 0 Å². The molecule has 0 aromatic heterocycles. The van der Waals surface area contributed by atoms with Crippen LogP contribution in [0.1, 0.15) is 33.1 Å². The lowest BCUT2D eigenvalue weighted by molar-refractivity contribution is 0.167. The summed E-state index contributed by atoms with van der Waals surface area (Å²) in [5, 5.41) is 3.02. The predicted molar refractivity (Wildman–Crippen MR) is 75.3 cm³/mol. The van der Waals surface area contributed by atoms with Crippen molar-refractivity contribution in [2.45, 2.75) is 39.2 Å². The van der Waals surface area contributed by atoms with E-state index in [2.05, 4.69) is 5.32 Å². The van der Waals surface area contributed by atoms with Crippen LogP contribution in [0.5, 0.6) is 0 Å². The van der Waals surface area contributed by atoms with E-state index in [0.717, 1.165) is 19.4 Å². The van der Waals surface area contributed by atoms with Crippen molar-refractivity contribution in [1.82, 2.24) is 9.62 Å². The highest BCUT2D eigenvalue weighted by atomic mass is 32.2. The molecule has 0 saturated heterocycles. The van der Waals surface area contributed by atoms with Crippen LogP contribution in [0.2, 0.25) is 0 Å². The fourth-order valence-corrected chi connectivity index (χ4v) is 3.58. The summed E-state index contributed by atoms with van der Waals surface area (Å²) in [4.78, 5) is 0. The molecule has 110 valence electrons. The molecule has 0 bridgehead atoms. The normalized spacial score (nSPS) is 14.1. The van der Waals surface area contributed by atoms with E-state index in [1.807, 2.05) is 20.9 Å². The Morgan fingerprint density at radius 1 is 1.33 bits per heavy atom. The van der Waals surface area contributed by atoms with Gasteiger partial charge >= 0.3 is 0 Å². The Bertz CT molecular complexity index is 294. The summed E-state index contributed by atoms with van der Waals surface area (Å²) >= 11 is 0. The summed E-state index contributed by atoms with van der Waals surface area (Å²) in [7, 11) is 0.304. The molecule has 18 heavy (non-hydrogen) atoms. The molecule has 0 heterocycles. The first-order valence-corrected chi connectivity index (χ1v) is 8.23. The second kappa shape index (κ2) is 9.72. The van der Waals surface area contributed by atoms with Gasteiger partial charge in [0, 0.05) is 19.7 Å². The Morgan fingerprint density at radius 3 is 2.50 bits per heavy atom. The molecular formula is C12H28N2O3S. The lowest BCUT2D eigenvalue weighted by atomic mass is 10.3. The summed E-state index contributed by atoms with van der Waals surface area (Å²) in [6.07, 6.45) is 2.40. The predicted octanol–water partition coefficient (Wildman–Crippen LogP) is 1.06. The quantitative estimate of drug-likeness (QED) is 0.575. The molecule has 1 N–H and O–H groups in total. The van der Waals surface area contributed by atoms with Gasteiger partial charge in [-0.05, 0) is 39.8 Å². The monoisotopic (exact) mass is 280 g/mol. The topological polar surface area (TPSA) is 58.6 Å². The lowest BCUT2D eigenvalue weighted by Crippen LogP contribution is -2.41. The first kappa shape index (κ1) is 17.8. The molecule has 1 atom stereocenters. The van der Waals surface area contributed by atoms with Crippen LogP contribution in [0.25, 0.3) is 0 Å². The van der Waals surface area contributed by atoms with Gasteiger partial charge in [-0.1, -0.05) is 6.92 Å². The van der Waals surface area contributed by atoms with E-state index in [1.165, 1.54) is 0 Å². The van der Waals surface area contributed by atoms with Crippen molar-refractivity contribution in [3.05, 3.63) is 0 Å². The van der Waals surface area contributed by atoms with Crippen LogP contribution in [0, 0.1) is 0 Å². The van der Waals surface area contributed by atoms with Gasteiger partial charge in [-0.25, -0.2) is 8.42 Å². The van der Waals surface area contributed by atoms with Crippen LogP contribution in [0.15, 0.2) is 0 Å². The van der Waals surface area contributed by atoms with Crippen LogP contribution in [-0.2, 0) is 14.8 Å². The first-order chi connectivity index (χ1) is 8.49. The summed E-state index contributed by atoms with van der Waals surface area (Å²) in [6, 6.07) is 0.0365. The third-order valence-corrected chi connectivity index (χ3v) is 5.10. The molecule has 0 saturated carbocycles. The number of rotatable bonds is 11. The van der Waals surface area contributed by atoms with Crippen molar-refractivity contribution >= 4 is 10.0 Å². The number of nitrogens with one attached hydrogen (secondary N) is 1. The van der Waals surface area contributed by atoms with E-state index in [1.54, 1.807) is 11.4 Å². The summed E-state index contributed by atoms with van der Waals surface area (Å²) in [5.41, 5.74) is 0. The molecule has 0 spiro atoms. The number of unbranched alkanes of at least 4 members (excludes halogenated alkanes) is 1. The number of hydrogen-bond donors (Lipinski definition) is 1. The minimum absolute atomic E-state index is 0.0365. The fraction of sp³-hybridized carbons (Fsp3) is 1.00. The summed E-state index contributed by atoms with van der Waals surface area (Å²) in [6.45, 7) is 5.69. The standard InChI is InChI=1S/C12H28N2O3S/c1-5-12(2)14(9-10-17-4)18(15,16)11-7-6-8-13-3/h12-13H,5-11H2,1-4H3. The maximum absolute atomic E-state index is 12.3. The zero-order valence-corrected chi connectivity index (χ0v) is 12.9. The number of hydrogen-bond acceptors (Lipinski definition) is 4. The molecular weight excluding hydrogens is 252 g/mol. The van der Waals surface area contributed by atoms with E-state index in [4.69, 9.17) is 4.74 Å². The number of nitrogens with zero attached hydrogens (tertiary/aromatic N) is 1. The molecule has 0 aromatic rings. The minimum atomic E-state index is -3.16. The molecule has 1 unspecified atom stereocenters. The van der Waals surface area contributed by atoms with Gasteiger partial charge in [0.2, 0.25) is 10.0 Å². The first-order valence-electron chi connectivity index (χ1n) is 6.62. The third-order valence-electron chi connectivity index (χ3n) is 3.03. The van der Waals surface area contributed by atoms with Crippen LogP contribution >= 0.6 is 0 Å². The molecule has 0 aliphatic carbocycles. The van der Waals surface area contributed by atoms with E-state index in [-0.39, 0.29) is 11.8 Å². The van der Waals surface area contributed by atoms with Gasteiger partial charge in [0.15, 0.2) is 0 Å². The van der Waals surface area contributed by atoms with Crippen LogP contribution in [0.3, 0.4) is 0 Å². The zero-order chi connectivity index (χ0) is 14.0. The third kappa shape index (κ3) is 6.68. The molecule has 6 heteroatoms. The Morgan fingerprint density at radius 2 is 2.00 bits per heavy atom. The van der Waals surface area contributed by atoms with E-state index >= 15 is 0 Å². The number of ether oxygens (including phenoxy) is 1. The van der Waals surface area contributed by atoms with Crippen LogP contribution < -0.4 is 5.32 Å². The van der Waals surface area contributed by atoms with Gasteiger partial charge < -0.3 is 10.1 Å².